The molecule has 1 unspecified atom stereocenters. The van der Waals surface area contributed by atoms with Crippen LogP contribution in [0.15, 0.2) is 42.5 Å². The van der Waals surface area contributed by atoms with Crippen molar-refractivity contribution >= 4 is 17.7 Å². The first-order chi connectivity index (χ1) is 14.1. The van der Waals surface area contributed by atoms with Crippen LogP contribution in [0.1, 0.15) is 46.3 Å². The highest BCUT2D eigenvalue weighted by atomic mass is 16.5. The van der Waals surface area contributed by atoms with Gasteiger partial charge in [0, 0.05) is 17.5 Å². The topological polar surface area (TPSA) is 75.7 Å². The second-order valence-electron chi connectivity index (χ2n) is 7.94. The highest BCUT2D eigenvalue weighted by molar-refractivity contribution is 6.11. The Morgan fingerprint density at radius 2 is 1.86 bits per heavy atom. The van der Waals surface area contributed by atoms with Gasteiger partial charge in [0.15, 0.2) is 11.3 Å². The molecule has 2 aromatic rings. The fraction of sp³-hybridized carbons (Fsp3) is 0.348. The number of carbonyl (C=O) groups is 3. The van der Waals surface area contributed by atoms with E-state index in [0.717, 1.165) is 24.2 Å². The number of ether oxygens (including phenoxy) is 1. The molecule has 2 heterocycles. The number of aryl methyl sites for hydroxylation is 2. The largest absolute Gasteiger partial charge is 0.493 e. The van der Waals surface area contributed by atoms with E-state index in [1.807, 2.05) is 30.3 Å². The number of imide groups is 1. The van der Waals surface area contributed by atoms with E-state index < -0.39 is 11.6 Å². The summed E-state index contributed by atoms with van der Waals surface area (Å²) in [5.74, 6) is -0.0147. The van der Waals surface area contributed by atoms with Gasteiger partial charge in [0.2, 0.25) is 0 Å². The highest BCUT2D eigenvalue weighted by Crippen LogP contribution is 2.41. The summed E-state index contributed by atoms with van der Waals surface area (Å²) < 4.78 is 5.64. The van der Waals surface area contributed by atoms with Gasteiger partial charge in [0.1, 0.15) is 5.75 Å². The number of benzene rings is 2. The number of hydrogen-bond acceptors (Lipinski definition) is 4. The Hall–Kier alpha value is -3.15. The van der Waals surface area contributed by atoms with Gasteiger partial charge < -0.3 is 10.1 Å². The molecule has 2 aromatic carbocycles. The summed E-state index contributed by atoms with van der Waals surface area (Å²) >= 11 is 0. The molecule has 0 aromatic heterocycles. The van der Waals surface area contributed by atoms with Crippen molar-refractivity contribution in [3.63, 3.8) is 0 Å². The number of rotatable bonds is 3. The third-order valence-corrected chi connectivity index (χ3v) is 6.23. The summed E-state index contributed by atoms with van der Waals surface area (Å²) in [6.45, 7) is 0.0733. The Morgan fingerprint density at radius 1 is 1.07 bits per heavy atom. The predicted octanol–water partition coefficient (Wildman–Crippen LogP) is 2.98. The second kappa shape index (κ2) is 6.72. The molecule has 3 amide bonds. The number of para-hydroxylation sites is 1. The fourth-order valence-corrected chi connectivity index (χ4v) is 4.66. The SMILES string of the molecule is O=C(CN1C(=O)NC2(CCOc3ccccc32)C1=O)c1ccc2c(c1)CCCC2. The lowest BCUT2D eigenvalue weighted by Gasteiger charge is -2.33. The summed E-state index contributed by atoms with van der Waals surface area (Å²) in [4.78, 5) is 39.9. The van der Waals surface area contributed by atoms with Crippen LogP contribution in [0.4, 0.5) is 4.79 Å². The first-order valence-corrected chi connectivity index (χ1v) is 10.1. The van der Waals surface area contributed by atoms with Crippen LogP contribution < -0.4 is 10.1 Å². The zero-order valence-corrected chi connectivity index (χ0v) is 16.1. The third kappa shape index (κ3) is 2.82. The van der Waals surface area contributed by atoms with E-state index >= 15 is 0 Å². The summed E-state index contributed by atoms with van der Waals surface area (Å²) in [6.07, 6.45) is 4.66. The summed E-state index contributed by atoms with van der Waals surface area (Å²) in [6, 6.07) is 12.4. The van der Waals surface area contributed by atoms with Crippen molar-refractivity contribution < 1.29 is 19.1 Å². The predicted molar refractivity (Wildman–Crippen MR) is 106 cm³/mol. The number of fused-ring (bicyclic) bond motifs is 3. The van der Waals surface area contributed by atoms with Gasteiger partial charge in [-0.1, -0.05) is 30.3 Å². The minimum atomic E-state index is -1.15. The minimum absolute atomic E-state index is 0.223. The third-order valence-electron chi connectivity index (χ3n) is 6.23. The quantitative estimate of drug-likeness (QED) is 0.646. The molecule has 2 aliphatic heterocycles. The Labute approximate surface area is 168 Å². The van der Waals surface area contributed by atoms with Gasteiger partial charge in [0.05, 0.1) is 13.2 Å². The van der Waals surface area contributed by atoms with Crippen LogP contribution in [0.5, 0.6) is 5.75 Å². The van der Waals surface area contributed by atoms with Gasteiger partial charge >= 0.3 is 6.03 Å². The van der Waals surface area contributed by atoms with Gasteiger partial charge in [-0.15, -0.1) is 0 Å². The molecule has 29 heavy (non-hydrogen) atoms. The molecule has 1 N–H and O–H groups in total. The standard InChI is InChI=1S/C23H22N2O4/c26-19(17-10-9-15-5-1-2-6-16(15)13-17)14-25-21(27)23(24-22(25)28)11-12-29-20-8-4-3-7-18(20)23/h3-4,7-10,13H,1-2,5-6,11-12,14H2,(H,24,28). The van der Waals surface area contributed by atoms with Crippen molar-refractivity contribution in [3.05, 3.63) is 64.7 Å². The van der Waals surface area contributed by atoms with Crippen LogP contribution in [-0.4, -0.2) is 35.8 Å². The van der Waals surface area contributed by atoms with Crippen LogP contribution >= 0.6 is 0 Å². The van der Waals surface area contributed by atoms with E-state index in [-0.39, 0.29) is 18.2 Å². The lowest BCUT2D eigenvalue weighted by atomic mass is 9.84. The summed E-state index contributed by atoms with van der Waals surface area (Å²) in [5, 5.41) is 2.84. The number of nitrogens with zero attached hydrogens (tertiary/aromatic N) is 1. The van der Waals surface area contributed by atoms with Gasteiger partial charge in [-0.3, -0.25) is 14.5 Å². The van der Waals surface area contributed by atoms with E-state index in [1.165, 1.54) is 17.5 Å². The first kappa shape index (κ1) is 17.9. The molecule has 0 radical (unpaired) electrons. The number of urea groups is 1. The molecule has 6 heteroatoms. The number of nitrogens with one attached hydrogen (secondary N) is 1. The van der Waals surface area contributed by atoms with E-state index in [0.29, 0.717) is 29.9 Å². The number of amides is 3. The lowest BCUT2D eigenvalue weighted by molar-refractivity contribution is -0.132. The molecule has 1 spiro atoms. The van der Waals surface area contributed by atoms with E-state index in [1.54, 1.807) is 12.1 Å². The average molecular weight is 390 g/mol. The van der Waals surface area contributed by atoms with E-state index in [9.17, 15) is 14.4 Å². The zero-order valence-electron chi connectivity index (χ0n) is 16.1. The van der Waals surface area contributed by atoms with Gasteiger partial charge in [-0.05, 0) is 48.9 Å². The monoisotopic (exact) mass is 390 g/mol. The molecule has 1 atom stereocenters. The Morgan fingerprint density at radius 3 is 2.72 bits per heavy atom. The maximum absolute atomic E-state index is 13.3. The summed E-state index contributed by atoms with van der Waals surface area (Å²) in [7, 11) is 0. The first-order valence-electron chi connectivity index (χ1n) is 10.1. The molecule has 0 saturated carbocycles. The summed E-state index contributed by atoms with van der Waals surface area (Å²) in [5.41, 5.74) is 2.55. The molecule has 1 saturated heterocycles. The molecule has 0 bridgehead atoms. The Kier molecular flexibility index (Phi) is 4.15. The maximum Gasteiger partial charge on any atom is 0.325 e. The van der Waals surface area contributed by atoms with Crippen molar-refractivity contribution in [1.29, 1.82) is 0 Å². The molecule has 1 aliphatic carbocycles. The van der Waals surface area contributed by atoms with Crippen LogP contribution in [-0.2, 0) is 23.2 Å². The smallest absolute Gasteiger partial charge is 0.325 e. The van der Waals surface area contributed by atoms with Crippen molar-refractivity contribution in [3.8, 4) is 5.75 Å². The van der Waals surface area contributed by atoms with Crippen molar-refractivity contribution in [1.82, 2.24) is 10.2 Å². The zero-order chi connectivity index (χ0) is 20.0. The number of carbonyl (C=O) groups excluding carboxylic acids is 3. The molecule has 3 aliphatic rings. The number of ketones is 1. The maximum atomic E-state index is 13.3. The van der Waals surface area contributed by atoms with E-state index in [2.05, 4.69) is 5.32 Å². The van der Waals surface area contributed by atoms with Gasteiger partial charge in [0.25, 0.3) is 5.91 Å². The van der Waals surface area contributed by atoms with E-state index in [4.69, 9.17) is 4.74 Å². The van der Waals surface area contributed by atoms with Crippen LogP contribution in [0.3, 0.4) is 0 Å². The Bertz CT molecular complexity index is 1030. The van der Waals surface area contributed by atoms with Crippen LogP contribution in [0.25, 0.3) is 0 Å². The molecular formula is C23H22N2O4. The van der Waals surface area contributed by atoms with Gasteiger partial charge in [-0.25, -0.2) is 4.79 Å². The normalized spacial score (nSPS) is 22.7. The molecule has 6 nitrogen and oxygen atoms in total. The molecular weight excluding hydrogens is 368 g/mol. The molecule has 1 fully saturated rings. The average Bonchev–Trinajstić information content (AvgIpc) is 2.98. The number of hydrogen-bond donors (Lipinski definition) is 1. The second-order valence-corrected chi connectivity index (χ2v) is 7.94. The van der Waals surface area contributed by atoms with Crippen LogP contribution in [0, 0.1) is 0 Å². The van der Waals surface area contributed by atoms with Crippen molar-refractivity contribution in [2.45, 2.75) is 37.6 Å². The van der Waals surface area contributed by atoms with Crippen molar-refractivity contribution in [2.75, 3.05) is 13.2 Å². The minimum Gasteiger partial charge on any atom is -0.493 e. The fourth-order valence-electron chi connectivity index (χ4n) is 4.66. The highest BCUT2D eigenvalue weighted by Gasteiger charge is 2.55. The number of Topliss-reactive ketones (excluding diaryl/α,β-unsaturated/α-hetero) is 1. The lowest BCUT2D eigenvalue weighted by Crippen LogP contribution is -2.47. The van der Waals surface area contributed by atoms with Crippen molar-refractivity contribution in [2.24, 2.45) is 0 Å². The molecule has 5 rings (SSSR count). The van der Waals surface area contributed by atoms with Gasteiger partial charge in [-0.2, -0.15) is 0 Å². The van der Waals surface area contributed by atoms with Crippen LogP contribution in [0.2, 0.25) is 0 Å². The Balaban J connectivity index is 1.41. The molecule has 148 valence electrons.